The Morgan fingerprint density at radius 1 is 1.11 bits per heavy atom. The number of carbonyl (C=O) groups excluding carboxylic acids is 1. The molecule has 2 aliphatic rings. The molecule has 6 nitrogen and oxygen atoms in total. The number of benzene rings is 1. The van der Waals surface area contributed by atoms with Gasteiger partial charge in [-0.25, -0.2) is 8.42 Å². The molecule has 1 aliphatic carbocycles. The molecular weight excluding hydrogens is 374 g/mol. The number of amides is 1. The minimum Gasteiger partial charge on any atom is -0.356 e. The fraction of sp³-hybridized carbons (Fsp3) is 0.619. The molecule has 1 aromatic carbocycles. The normalized spacial score (nSPS) is 22.2. The minimum absolute atomic E-state index is 0.0664. The molecule has 152 valence electrons. The smallest absolute Gasteiger partial charge is 0.244 e. The van der Waals surface area contributed by atoms with Crippen LogP contribution in [0, 0.1) is 23.2 Å². The van der Waals surface area contributed by atoms with Gasteiger partial charge >= 0.3 is 0 Å². The van der Waals surface area contributed by atoms with E-state index in [1.165, 1.54) is 35.7 Å². The molecule has 1 aliphatic heterocycles. The number of nitrogens with one attached hydrogen (secondary N) is 1. The van der Waals surface area contributed by atoms with Gasteiger partial charge in [-0.15, -0.1) is 0 Å². The largest absolute Gasteiger partial charge is 0.356 e. The van der Waals surface area contributed by atoms with Crippen LogP contribution in [0.3, 0.4) is 0 Å². The number of nitrogens with zero attached hydrogens (tertiary/aromatic N) is 2. The molecule has 1 heterocycles. The monoisotopic (exact) mass is 403 g/mol. The van der Waals surface area contributed by atoms with Gasteiger partial charge in [0.25, 0.3) is 0 Å². The summed E-state index contributed by atoms with van der Waals surface area (Å²) in [6.07, 6.45) is 8.57. The van der Waals surface area contributed by atoms with Crippen LogP contribution < -0.4 is 5.32 Å². The fourth-order valence-corrected chi connectivity index (χ4v) is 5.89. The summed E-state index contributed by atoms with van der Waals surface area (Å²) in [4.78, 5) is 12.6. The van der Waals surface area contributed by atoms with Gasteiger partial charge in [-0.1, -0.05) is 44.2 Å². The highest BCUT2D eigenvalue weighted by atomic mass is 32.2. The molecular formula is C21H29N3O3S. The van der Waals surface area contributed by atoms with Crippen molar-refractivity contribution in [1.82, 2.24) is 9.62 Å². The predicted octanol–water partition coefficient (Wildman–Crippen LogP) is 3.05. The van der Waals surface area contributed by atoms with Crippen LogP contribution in [0.1, 0.15) is 56.9 Å². The van der Waals surface area contributed by atoms with E-state index in [-0.39, 0.29) is 28.2 Å². The fourth-order valence-electron chi connectivity index (χ4n) is 4.21. The molecule has 1 saturated heterocycles. The van der Waals surface area contributed by atoms with E-state index >= 15 is 0 Å². The molecule has 0 radical (unpaired) electrons. The van der Waals surface area contributed by atoms with Crippen LogP contribution in [-0.4, -0.2) is 38.3 Å². The number of sulfonamides is 1. The van der Waals surface area contributed by atoms with Crippen LogP contribution in [0.15, 0.2) is 29.2 Å². The summed E-state index contributed by atoms with van der Waals surface area (Å²) in [5.41, 5.74) is 0.170. The second-order valence-electron chi connectivity index (χ2n) is 7.91. The molecule has 1 N–H and O–H groups in total. The molecule has 1 aromatic rings. The lowest BCUT2D eigenvalue weighted by molar-refractivity contribution is -0.125. The van der Waals surface area contributed by atoms with Gasteiger partial charge in [0, 0.05) is 25.6 Å². The Morgan fingerprint density at radius 2 is 1.79 bits per heavy atom. The van der Waals surface area contributed by atoms with Gasteiger partial charge in [0.2, 0.25) is 15.9 Å². The predicted molar refractivity (Wildman–Crippen MR) is 107 cm³/mol. The third-order valence-corrected chi connectivity index (χ3v) is 7.84. The van der Waals surface area contributed by atoms with Crippen LogP contribution in [-0.2, 0) is 14.8 Å². The lowest BCUT2D eigenvalue weighted by Crippen LogP contribution is -2.36. The Kier molecular flexibility index (Phi) is 7.08. The van der Waals surface area contributed by atoms with Crippen LogP contribution >= 0.6 is 0 Å². The highest BCUT2D eigenvalue weighted by Crippen LogP contribution is 2.26. The summed E-state index contributed by atoms with van der Waals surface area (Å²) in [7, 11) is -3.68. The van der Waals surface area contributed by atoms with Crippen LogP contribution in [0.4, 0.5) is 0 Å². The van der Waals surface area contributed by atoms with Crippen molar-refractivity contribution < 1.29 is 13.2 Å². The summed E-state index contributed by atoms with van der Waals surface area (Å²) in [6.45, 7) is 1.32. The zero-order chi connectivity index (χ0) is 20.0. The Hall–Kier alpha value is -1.91. The first-order valence-corrected chi connectivity index (χ1v) is 11.7. The summed E-state index contributed by atoms with van der Waals surface area (Å²) < 4.78 is 27.2. The minimum atomic E-state index is -3.68. The maximum Gasteiger partial charge on any atom is 0.244 e. The standard InChI is InChI=1S/C21H29N3O3S/c22-14-19-10-6-7-11-20(19)28(26,27)24-13-12-17(16-24)15-23-21(25)18-8-4-2-1-3-5-9-18/h6-7,10-11,17-18H,1-5,8-9,12-13,15-16H2,(H,23,25). The van der Waals surface area contributed by atoms with Gasteiger partial charge in [-0.2, -0.15) is 9.57 Å². The van der Waals surface area contributed by atoms with Gasteiger partial charge < -0.3 is 5.32 Å². The highest BCUT2D eigenvalue weighted by Gasteiger charge is 2.34. The number of rotatable bonds is 5. The first-order valence-electron chi connectivity index (χ1n) is 10.3. The van der Waals surface area contributed by atoms with E-state index in [0.717, 1.165) is 32.1 Å². The van der Waals surface area contributed by atoms with Crippen molar-refractivity contribution in [2.24, 2.45) is 11.8 Å². The molecule has 28 heavy (non-hydrogen) atoms. The molecule has 0 aromatic heterocycles. The van der Waals surface area contributed by atoms with Crippen LogP contribution in [0.25, 0.3) is 0 Å². The molecule has 1 saturated carbocycles. The summed E-state index contributed by atoms with van der Waals surface area (Å²) in [5, 5.41) is 12.3. The molecule has 1 amide bonds. The number of hydrogen-bond acceptors (Lipinski definition) is 4. The van der Waals surface area contributed by atoms with E-state index in [2.05, 4.69) is 5.32 Å². The van der Waals surface area contributed by atoms with E-state index in [0.29, 0.717) is 19.6 Å². The summed E-state index contributed by atoms with van der Waals surface area (Å²) in [5.74, 6) is 0.337. The molecule has 0 bridgehead atoms. The van der Waals surface area contributed by atoms with E-state index in [4.69, 9.17) is 0 Å². The van der Waals surface area contributed by atoms with E-state index in [1.54, 1.807) is 12.1 Å². The Labute approximate surface area is 168 Å². The highest BCUT2D eigenvalue weighted by molar-refractivity contribution is 7.89. The van der Waals surface area contributed by atoms with Crippen molar-refractivity contribution in [2.45, 2.75) is 56.3 Å². The van der Waals surface area contributed by atoms with Crippen molar-refractivity contribution >= 4 is 15.9 Å². The third kappa shape index (κ3) is 4.92. The van der Waals surface area contributed by atoms with Gasteiger partial charge in [-0.3, -0.25) is 4.79 Å². The lowest BCUT2D eigenvalue weighted by Gasteiger charge is -2.21. The second-order valence-corrected chi connectivity index (χ2v) is 9.82. The van der Waals surface area contributed by atoms with Crippen LogP contribution in [0.5, 0.6) is 0 Å². The zero-order valence-electron chi connectivity index (χ0n) is 16.3. The van der Waals surface area contributed by atoms with Gasteiger partial charge in [0.15, 0.2) is 0 Å². The molecule has 7 heteroatoms. The second kappa shape index (κ2) is 9.53. The number of nitriles is 1. The quantitative estimate of drug-likeness (QED) is 0.818. The Morgan fingerprint density at radius 3 is 2.50 bits per heavy atom. The van der Waals surface area contributed by atoms with Crippen molar-refractivity contribution in [3.05, 3.63) is 29.8 Å². The molecule has 2 fully saturated rings. The van der Waals surface area contributed by atoms with Gasteiger partial charge in [0.1, 0.15) is 6.07 Å². The van der Waals surface area contributed by atoms with Crippen LogP contribution in [0.2, 0.25) is 0 Å². The molecule has 1 atom stereocenters. The zero-order valence-corrected chi connectivity index (χ0v) is 17.1. The molecule has 3 rings (SSSR count). The summed E-state index contributed by atoms with van der Waals surface area (Å²) in [6, 6.07) is 8.26. The van der Waals surface area contributed by atoms with Crippen molar-refractivity contribution in [1.29, 1.82) is 5.26 Å². The summed E-state index contributed by atoms with van der Waals surface area (Å²) >= 11 is 0. The number of carbonyl (C=O) groups is 1. The van der Waals surface area contributed by atoms with E-state index < -0.39 is 10.0 Å². The maximum absolute atomic E-state index is 12.9. The van der Waals surface area contributed by atoms with Crippen molar-refractivity contribution in [3.8, 4) is 6.07 Å². The average Bonchev–Trinajstić information content (AvgIpc) is 3.16. The van der Waals surface area contributed by atoms with Gasteiger partial charge in [-0.05, 0) is 37.3 Å². The van der Waals surface area contributed by atoms with E-state index in [9.17, 15) is 18.5 Å². The van der Waals surface area contributed by atoms with Gasteiger partial charge in [0.05, 0.1) is 10.5 Å². The lowest BCUT2D eigenvalue weighted by atomic mass is 9.90. The Balaban J connectivity index is 1.55. The van der Waals surface area contributed by atoms with Crippen molar-refractivity contribution in [3.63, 3.8) is 0 Å². The maximum atomic E-state index is 12.9. The molecule has 0 spiro atoms. The average molecular weight is 404 g/mol. The first kappa shape index (κ1) is 20.8. The topological polar surface area (TPSA) is 90.3 Å². The number of hydrogen-bond donors (Lipinski definition) is 1. The Bertz CT molecular complexity index is 824. The van der Waals surface area contributed by atoms with Crippen molar-refractivity contribution in [2.75, 3.05) is 19.6 Å². The molecule has 1 unspecified atom stereocenters. The van der Waals surface area contributed by atoms with E-state index in [1.807, 2.05) is 6.07 Å². The first-order chi connectivity index (χ1) is 13.5. The SMILES string of the molecule is N#Cc1ccccc1S(=O)(=O)N1CCC(CNC(=O)C2CCCCCCC2)C1. The third-order valence-electron chi connectivity index (χ3n) is 5.91.